The van der Waals surface area contributed by atoms with E-state index in [-0.39, 0.29) is 11.8 Å². The normalized spacial score (nSPS) is 17.5. The highest BCUT2D eigenvalue weighted by Crippen LogP contribution is 2.43. The van der Waals surface area contributed by atoms with Crippen molar-refractivity contribution in [2.75, 3.05) is 0 Å². The minimum atomic E-state index is -0.306. The average molecular weight is 472 g/mol. The third-order valence-electron chi connectivity index (χ3n) is 5.28. The van der Waals surface area contributed by atoms with Gasteiger partial charge in [-0.15, -0.1) is 16.8 Å². The molecule has 1 unspecified atom stereocenters. The summed E-state index contributed by atoms with van der Waals surface area (Å²) < 4.78 is 1.93. The molecule has 0 N–H and O–H groups in total. The molecule has 8 heteroatoms. The molecule has 1 aromatic carbocycles. The highest BCUT2D eigenvalue weighted by atomic mass is 35.5. The van der Waals surface area contributed by atoms with Crippen LogP contribution in [0.1, 0.15) is 5.56 Å². The molecule has 3 heterocycles. The monoisotopic (exact) mass is 471 g/mol. The Kier molecular flexibility index (Phi) is 5.90. The zero-order chi connectivity index (χ0) is 22.8. The molecule has 6 nitrogen and oxygen atoms in total. The van der Waals surface area contributed by atoms with E-state index in [9.17, 15) is 4.79 Å². The van der Waals surface area contributed by atoms with Crippen molar-refractivity contribution >= 4 is 40.6 Å². The topological polar surface area (TPSA) is 73.0 Å². The van der Waals surface area contributed by atoms with Crippen molar-refractivity contribution in [2.45, 2.75) is 11.7 Å². The first-order chi connectivity index (χ1) is 16.2. The van der Waals surface area contributed by atoms with Gasteiger partial charge in [-0.05, 0) is 47.2 Å². The fourth-order valence-corrected chi connectivity index (χ4v) is 5.03. The number of fused-ring (bicyclic) bond motifs is 1. The van der Waals surface area contributed by atoms with Gasteiger partial charge in [0.25, 0.3) is 5.91 Å². The van der Waals surface area contributed by atoms with Crippen LogP contribution in [-0.4, -0.2) is 31.4 Å². The summed E-state index contributed by atoms with van der Waals surface area (Å²) in [4.78, 5) is 22.2. The van der Waals surface area contributed by atoms with E-state index in [0.29, 0.717) is 33.2 Å². The molecule has 3 aromatic rings. The number of halogens is 1. The molecule has 1 atom stereocenters. The minimum Gasteiger partial charge on any atom is -0.298 e. The molecule has 0 fully saturated rings. The third kappa shape index (κ3) is 4.13. The summed E-state index contributed by atoms with van der Waals surface area (Å²) in [6, 6.07) is 13.6. The van der Waals surface area contributed by atoms with E-state index in [1.54, 1.807) is 30.6 Å². The molecule has 0 saturated carbocycles. The lowest BCUT2D eigenvalue weighted by Gasteiger charge is -2.26. The number of carbonyl (C=O) groups is 1. The number of nitrogens with zero attached hydrogens (tertiary/aromatic N) is 5. The van der Waals surface area contributed by atoms with Gasteiger partial charge < -0.3 is 0 Å². The Morgan fingerprint density at radius 2 is 1.85 bits per heavy atom. The van der Waals surface area contributed by atoms with Crippen LogP contribution in [0.15, 0.2) is 106 Å². The summed E-state index contributed by atoms with van der Waals surface area (Å²) in [5, 5.41) is 9.99. The number of dihydropyridines is 1. The van der Waals surface area contributed by atoms with Gasteiger partial charge in [0.05, 0.1) is 10.6 Å². The van der Waals surface area contributed by atoms with Crippen LogP contribution in [0.3, 0.4) is 0 Å². The number of allylic oxidation sites excluding steroid dienone is 6. The van der Waals surface area contributed by atoms with E-state index in [1.807, 2.05) is 53.1 Å². The van der Waals surface area contributed by atoms with Gasteiger partial charge in [0.15, 0.2) is 11.0 Å². The number of carbonyl (C=O) groups excluding carboxylic acids is 1. The molecule has 33 heavy (non-hydrogen) atoms. The van der Waals surface area contributed by atoms with Gasteiger partial charge in [-0.2, -0.15) is 0 Å². The highest BCUT2D eigenvalue weighted by molar-refractivity contribution is 8.04. The van der Waals surface area contributed by atoms with Crippen LogP contribution in [0.4, 0.5) is 0 Å². The minimum absolute atomic E-state index is 0.222. The van der Waals surface area contributed by atoms with Gasteiger partial charge in [-0.25, -0.2) is 4.99 Å². The van der Waals surface area contributed by atoms with E-state index >= 15 is 0 Å². The van der Waals surface area contributed by atoms with E-state index in [0.717, 1.165) is 16.7 Å². The third-order valence-corrected chi connectivity index (χ3v) is 6.62. The van der Waals surface area contributed by atoms with Crippen LogP contribution in [-0.2, 0) is 11.3 Å². The molecule has 1 aliphatic heterocycles. The number of hydrogen-bond acceptors (Lipinski definition) is 5. The predicted molar refractivity (Wildman–Crippen MR) is 132 cm³/mol. The molecule has 2 aromatic heterocycles. The zero-order valence-electron chi connectivity index (χ0n) is 17.4. The number of aromatic nitrogens is 4. The van der Waals surface area contributed by atoms with Crippen molar-refractivity contribution in [3.05, 3.63) is 101 Å². The first-order valence-electron chi connectivity index (χ1n) is 10.3. The highest BCUT2D eigenvalue weighted by Gasteiger charge is 2.33. The molecular weight excluding hydrogens is 454 g/mol. The number of hydrogen-bond donors (Lipinski definition) is 0. The van der Waals surface area contributed by atoms with Crippen LogP contribution >= 0.6 is 23.4 Å². The van der Waals surface area contributed by atoms with Gasteiger partial charge in [-0.3, -0.25) is 14.3 Å². The van der Waals surface area contributed by atoms with E-state index in [4.69, 9.17) is 11.6 Å². The molecule has 0 spiro atoms. The fraction of sp³-hybridized carbons (Fsp3) is 0.0800. The smallest absolute Gasteiger partial charge is 0.284 e. The Morgan fingerprint density at radius 3 is 2.61 bits per heavy atom. The van der Waals surface area contributed by atoms with Crippen LogP contribution in [0.25, 0.3) is 17.0 Å². The Labute approximate surface area is 200 Å². The maximum atomic E-state index is 13.2. The summed E-state index contributed by atoms with van der Waals surface area (Å²) in [5.74, 6) is 0.151. The number of aliphatic imine (C=N–C) groups is 1. The van der Waals surface area contributed by atoms with Crippen molar-refractivity contribution in [1.29, 1.82) is 0 Å². The van der Waals surface area contributed by atoms with Crippen LogP contribution < -0.4 is 0 Å². The largest absolute Gasteiger partial charge is 0.298 e. The second-order valence-electron chi connectivity index (χ2n) is 7.36. The fourth-order valence-electron chi connectivity index (χ4n) is 3.82. The van der Waals surface area contributed by atoms with Crippen molar-refractivity contribution in [2.24, 2.45) is 10.9 Å². The Bertz CT molecular complexity index is 1360. The number of thioether (sulfide) groups is 1. The second-order valence-corrected chi connectivity index (χ2v) is 8.77. The van der Waals surface area contributed by atoms with Gasteiger partial charge in [-0.1, -0.05) is 54.1 Å². The lowest BCUT2D eigenvalue weighted by Crippen LogP contribution is -2.23. The zero-order valence-corrected chi connectivity index (χ0v) is 19.0. The summed E-state index contributed by atoms with van der Waals surface area (Å²) in [6.07, 6.45) is 10.7. The van der Waals surface area contributed by atoms with Crippen LogP contribution in [0, 0.1) is 5.92 Å². The first-order valence-corrected chi connectivity index (χ1v) is 11.5. The number of rotatable bonds is 6. The molecule has 1 aliphatic carbocycles. The maximum absolute atomic E-state index is 13.2. The predicted octanol–water partition coefficient (Wildman–Crippen LogP) is 5.32. The molecular formula is C25H18ClN5OS. The maximum Gasteiger partial charge on any atom is 0.284 e. The van der Waals surface area contributed by atoms with Crippen molar-refractivity contribution in [3.8, 4) is 11.4 Å². The summed E-state index contributed by atoms with van der Waals surface area (Å²) in [5.41, 5.74) is 3.35. The van der Waals surface area contributed by atoms with E-state index in [2.05, 4.69) is 26.8 Å². The molecule has 0 radical (unpaired) electrons. The lowest BCUT2D eigenvalue weighted by atomic mass is 9.84. The Morgan fingerprint density at radius 1 is 1.06 bits per heavy atom. The average Bonchev–Trinajstić information content (AvgIpc) is 3.23. The summed E-state index contributed by atoms with van der Waals surface area (Å²) >= 11 is 7.60. The van der Waals surface area contributed by atoms with E-state index in [1.165, 1.54) is 11.8 Å². The van der Waals surface area contributed by atoms with Gasteiger partial charge in [0, 0.05) is 35.5 Å². The quantitative estimate of drug-likeness (QED) is 0.455. The Hall–Kier alpha value is -3.55. The Balaban J connectivity index is 1.64. The van der Waals surface area contributed by atoms with Gasteiger partial charge >= 0.3 is 0 Å². The summed E-state index contributed by atoms with van der Waals surface area (Å²) in [6.45, 7) is 4.36. The number of benzene rings is 1. The SMILES string of the molecule is C=CCn1c(SC2=C(c3ccccc3)C3C=C(Cl)C=CC3=NC2=O)nnc1-c1ccncc1. The molecule has 0 saturated heterocycles. The molecule has 0 bridgehead atoms. The standard InChI is InChI=1S/C25H18ClN5OS/c1-2-14-31-23(17-10-12-27-13-11-17)29-30-25(31)33-22-21(16-6-4-3-5-7-16)19-15-18(26)8-9-20(19)28-24(22)32/h2-13,15,19H,1,14H2. The van der Waals surface area contributed by atoms with E-state index < -0.39 is 0 Å². The molecule has 5 rings (SSSR count). The number of pyridine rings is 1. The molecule has 1 amide bonds. The van der Waals surface area contributed by atoms with Crippen molar-refractivity contribution in [1.82, 2.24) is 19.7 Å². The second kappa shape index (κ2) is 9.13. The molecule has 2 aliphatic rings. The van der Waals surface area contributed by atoms with Crippen LogP contribution in [0.2, 0.25) is 0 Å². The van der Waals surface area contributed by atoms with Crippen molar-refractivity contribution in [3.63, 3.8) is 0 Å². The lowest BCUT2D eigenvalue weighted by molar-refractivity contribution is -0.113. The first kappa shape index (κ1) is 21.3. The van der Waals surface area contributed by atoms with Gasteiger partial charge in [0.1, 0.15) is 0 Å². The van der Waals surface area contributed by atoms with Crippen LogP contribution in [0.5, 0.6) is 0 Å². The molecule has 162 valence electrons. The van der Waals surface area contributed by atoms with Crippen molar-refractivity contribution < 1.29 is 4.79 Å². The van der Waals surface area contributed by atoms with Gasteiger partial charge in [0.2, 0.25) is 0 Å². The number of amides is 1. The summed E-state index contributed by atoms with van der Waals surface area (Å²) in [7, 11) is 0.